The van der Waals surface area contributed by atoms with Crippen molar-refractivity contribution in [3.63, 3.8) is 0 Å². The molecule has 0 aliphatic carbocycles. The Morgan fingerprint density at radius 1 is 1.25 bits per heavy atom. The predicted molar refractivity (Wildman–Crippen MR) is 100 cm³/mol. The van der Waals surface area contributed by atoms with Crippen LogP contribution in [0.5, 0.6) is 0 Å². The molecular weight excluding hydrogens is 412 g/mol. The van der Waals surface area contributed by atoms with Gasteiger partial charge in [-0.15, -0.1) is 11.8 Å². The first-order valence-corrected chi connectivity index (χ1v) is 10.5. The zero-order valence-corrected chi connectivity index (χ0v) is 16.0. The normalized spacial score (nSPS) is 14.2. The van der Waals surface area contributed by atoms with Crippen LogP contribution in [0.4, 0.5) is 11.4 Å². The van der Waals surface area contributed by atoms with E-state index in [2.05, 4.69) is 20.7 Å². The smallest absolute Gasteiger partial charge is 0.261 e. The van der Waals surface area contributed by atoms with Gasteiger partial charge in [-0.25, -0.2) is 8.42 Å². The van der Waals surface area contributed by atoms with Gasteiger partial charge in [-0.05, 0) is 36.4 Å². The van der Waals surface area contributed by atoms with Gasteiger partial charge in [-0.1, -0.05) is 22.0 Å². The summed E-state index contributed by atoms with van der Waals surface area (Å²) in [6.07, 6.45) is 0. The van der Waals surface area contributed by atoms with Gasteiger partial charge in [0.1, 0.15) is 0 Å². The second-order valence-electron chi connectivity index (χ2n) is 5.26. The van der Waals surface area contributed by atoms with Crippen LogP contribution in [0.1, 0.15) is 6.92 Å². The molecule has 0 unspecified atom stereocenters. The van der Waals surface area contributed by atoms with Crippen LogP contribution in [0.25, 0.3) is 0 Å². The number of hydrogen-bond donors (Lipinski definition) is 1. The third kappa shape index (κ3) is 3.60. The quantitative estimate of drug-likeness (QED) is 0.811. The second-order valence-corrected chi connectivity index (χ2v) is 9.00. The number of fused-ring (bicyclic) bond motifs is 1. The molecule has 0 saturated heterocycles. The highest BCUT2D eigenvalue weighted by atomic mass is 79.9. The number of sulfonamides is 1. The maximum atomic E-state index is 12.6. The number of rotatable bonds is 3. The van der Waals surface area contributed by atoms with Gasteiger partial charge in [0, 0.05) is 34.3 Å². The van der Waals surface area contributed by atoms with Gasteiger partial charge >= 0.3 is 0 Å². The van der Waals surface area contributed by atoms with Crippen molar-refractivity contribution in [1.29, 1.82) is 0 Å². The number of amides is 1. The Labute approximate surface area is 153 Å². The van der Waals surface area contributed by atoms with Gasteiger partial charge in [0.05, 0.1) is 10.6 Å². The van der Waals surface area contributed by atoms with Gasteiger partial charge in [0.15, 0.2) is 0 Å². The number of carbonyl (C=O) groups is 1. The van der Waals surface area contributed by atoms with E-state index in [1.165, 1.54) is 6.92 Å². The molecule has 0 aromatic heterocycles. The fraction of sp³-hybridized carbons (Fsp3) is 0.188. The summed E-state index contributed by atoms with van der Waals surface area (Å²) in [6, 6.07) is 11.8. The number of carbonyl (C=O) groups excluding carboxylic acids is 1. The first-order valence-electron chi connectivity index (χ1n) is 7.20. The Hall–Kier alpha value is -1.51. The number of nitrogens with one attached hydrogen (secondary N) is 1. The van der Waals surface area contributed by atoms with Gasteiger partial charge in [0.2, 0.25) is 5.91 Å². The lowest BCUT2D eigenvalue weighted by molar-refractivity contribution is -0.116. The van der Waals surface area contributed by atoms with E-state index in [1.807, 2.05) is 6.07 Å². The molecule has 2 aromatic rings. The minimum atomic E-state index is -3.73. The summed E-state index contributed by atoms with van der Waals surface area (Å²) >= 11 is 4.94. The minimum absolute atomic E-state index is 0.0916. The van der Waals surface area contributed by atoms with E-state index in [1.54, 1.807) is 53.1 Å². The molecule has 1 aliphatic heterocycles. The van der Waals surface area contributed by atoms with E-state index in [9.17, 15) is 13.2 Å². The van der Waals surface area contributed by atoms with Crippen LogP contribution in [0.2, 0.25) is 0 Å². The molecular formula is C16H15BrN2O3S2. The summed E-state index contributed by atoms with van der Waals surface area (Å²) in [5.41, 5.74) is 1.12. The fourth-order valence-corrected chi connectivity index (χ4v) is 4.90. The van der Waals surface area contributed by atoms with E-state index in [-0.39, 0.29) is 10.8 Å². The summed E-state index contributed by atoms with van der Waals surface area (Å²) in [6.45, 7) is 2.07. The Balaban J connectivity index is 1.97. The highest BCUT2D eigenvalue weighted by Gasteiger charge is 2.24. The average molecular weight is 427 g/mol. The van der Waals surface area contributed by atoms with E-state index in [4.69, 9.17) is 0 Å². The summed E-state index contributed by atoms with van der Waals surface area (Å²) in [4.78, 5) is 14.5. The summed E-state index contributed by atoms with van der Waals surface area (Å²) in [5.74, 6) is 0.709. The number of thioether (sulfide) groups is 1. The molecule has 1 amide bonds. The second kappa shape index (κ2) is 6.78. The Morgan fingerprint density at radius 3 is 2.75 bits per heavy atom. The SMILES string of the molecule is CC(=O)N1CCSc2ccc(S(=O)(=O)Nc3cccc(Br)c3)cc21. The van der Waals surface area contributed by atoms with Crippen LogP contribution in [0, 0.1) is 0 Å². The molecule has 0 spiro atoms. The minimum Gasteiger partial charge on any atom is -0.311 e. The van der Waals surface area contributed by atoms with E-state index >= 15 is 0 Å². The molecule has 0 fully saturated rings. The van der Waals surface area contributed by atoms with Crippen LogP contribution >= 0.6 is 27.7 Å². The maximum absolute atomic E-state index is 12.6. The fourth-order valence-electron chi connectivity index (χ4n) is 2.46. The lowest BCUT2D eigenvalue weighted by Crippen LogP contribution is -2.33. The molecule has 0 radical (unpaired) electrons. The van der Waals surface area contributed by atoms with Crippen LogP contribution < -0.4 is 9.62 Å². The molecule has 0 saturated carbocycles. The number of nitrogens with zero attached hydrogens (tertiary/aromatic N) is 1. The number of benzene rings is 2. The van der Waals surface area contributed by atoms with Crippen molar-refractivity contribution in [2.45, 2.75) is 16.7 Å². The largest absolute Gasteiger partial charge is 0.311 e. The van der Waals surface area contributed by atoms with Crippen LogP contribution in [0.3, 0.4) is 0 Å². The van der Waals surface area contributed by atoms with Gasteiger partial charge < -0.3 is 4.90 Å². The summed E-state index contributed by atoms with van der Waals surface area (Å²) in [5, 5.41) is 0. The van der Waals surface area contributed by atoms with Crippen LogP contribution in [-0.4, -0.2) is 26.6 Å². The first kappa shape index (κ1) is 17.3. The van der Waals surface area contributed by atoms with Crippen molar-refractivity contribution in [3.05, 3.63) is 46.9 Å². The lowest BCUT2D eigenvalue weighted by Gasteiger charge is -2.28. The molecule has 24 heavy (non-hydrogen) atoms. The van der Waals surface area contributed by atoms with Gasteiger partial charge in [0.25, 0.3) is 10.0 Å². The third-order valence-corrected chi connectivity index (χ3v) is 6.48. The average Bonchev–Trinajstić information content (AvgIpc) is 2.53. The summed E-state index contributed by atoms with van der Waals surface area (Å²) in [7, 11) is -3.73. The number of halogens is 1. The molecule has 2 aromatic carbocycles. The Morgan fingerprint density at radius 2 is 2.04 bits per heavy atom. The van der Waals surface area contributed by atoms with E-state index in [0.29, 0.717) is 17.9 Å². The van der Waals surface area contributed by atoms with E-state index < -0.39 is 10.0 Å². The van der Waals surface area contributed by atoms with Gasteiger partial charge in [-0.3, -0.25) is 9.52 Å². The molecule has 1 N–H and O–H groups in total. The monoisotopic (exact) mass is 426 g/mol. The van der Waals surface area contributed by atoms with Crippen molar-refractivity contribution >= 4 is 55.0 Å². The van der Waals surface area contributed by atoms with Crippen LogP contribution in [0.15, 0.2) is 56.7 Å². The Kier molecular flexibility index (Phi) is 4.89. The molecule has 8 heteroatoms. The van der Waals surface area contributed by atoms with Crippen molar-refractivity contribution in [2.75, 3.05) is 21.9 Å². The topological polar surface area (TPSA) is 66.5 Å². The molecule has 3 rings (SSSR count). The lowest BCUT2D eigenvalue weighted by atomic mass is 10.2. The standard InChI is InChI=1S/C16H15BrN2O3S2/c1-11(20)19-7-8-23-16-6-5-14(10-15(16)19)24(21,22)18-13-4-2-3-12(17)9-13/h2-6,9-10,18H,7-8H2,1H3. The maximum Gasteiger partial charge on any atom is 0.261 e. The molecule has 0 atom stereocenters. The number of anilines is 2. The molecule has 0 bridgehead atoms. The highest BCUT2D eigenvalue weighted by molar-refractivity contribution is 9.10. The van der Waals surface area contributed by atoms with Crippen molar-refractivity contribution in [1.82, 2.24) is 0 Å². The highest BCUT2D eigenvalue weighted by Crippen LogP contribution is 2.36. The molecule has 126 valence electrons. The zero-order valence-electron chi connectivity index (χ0n) is 12.8. The first-order chi connectivity index (χ1) is 11.4. The predicted octanol–water partition coefficient (Wildman–Crippen LogP) is 3.71. The molecule has 1 aliphatic rings. The number of hydrogen-bond acceptors (Lipinski definition) is 4. The van der Waals surface area contributed by atoms with Crippen LogP contribution in [-0.2, 0) is 14.8 Å². The van der Waals surface area contributed by atoms with Crippen molar-refractivity contribution < 1.29 is 13.2 Å². The third-order valence-electron chi connectivity index (χ3n) is 3.56. The summed E-state index contributed by atoms with van der Waals surface area (Å²) < 4.78 is 28.6. The molecule has 1 heterocycles. The van der Waals surface area contributed by atoms with Crippen molar-refractivity contribution in [2.24, 2.45) is 0 Å². The van der Waals surface area contributed by atoms with Crippen molar-refractivity contribution in [3.8, 4) is 0 Å². The zero-order chi connectivity index (χ0) is 17.3. The van der Waals surface area contributed by atoms with Gasteiger partial charge in [-0.2, -0.15) is 0 Å². The van der Waals surface area contributed by atoms with E-state index in [0.717, 1.165) is 15.1 Å². The molecule has 5 nitrogen and oxygen atoms in total. The Bertz CT molecular complexity index is 900.